The Hall–Kier alpha value is -0.0800. The average molecular weight is 420 g/mol. The average Bonchev–Trinajstić information content (AvgIpc) is 2.36. The van der Waals surface area contributed by atoms with Crippen LogP contribution in [0, 0.1) is 0 Å². The van der Waals surface area contributed by atoms with Gasteiger partial charge in [0.2, 0.25) is 0 Å². The lowest BCUT2D eigenvalue weighted by Gasteiger charge is -2.29. The van der Waals surface area contributed by atoms with E-state index in [0.717, 1.165) is 0 Å². The lowest BCUT2D eigenvalue weighted by atomic mass is 10.1. The minimum Gasteiger partial charge on any atom is -0.388 e. The summed E-state index contributed by atoms with van der Waals surface area (Å²) in [5, 5.41) is 18.2. The van der Waals surface area contributed by atoms with Crippen molar-refractivity contribution in [2.75, 3.05) is 13.2 Å². The van der Waals surface area contributed by atoms with Gasteiger partial charge < -0.3 is 39.6 Å². The maximum atomic E-state index is 11.2. The first-order valence-corrected chi connectivity index (χ1v) is 10.1. The predicted octanol–water partition coefficient (Wildman–Crippen LogP) is -3.03. The molecule has 0 aliphatic carbocycles. The molecule has 0 rings (SSSR count). The molecular formula is C6H15O15P3. The molecule has 0 aromatic heterocycles. The van der Waals surface area contributed by atoms with Crippen molar-refractivity contribution in [1.82, 2.24) is 0 Å². The zero-order chi connectivity index (χ0) is 19.3. The van der Waals surface area contributed by atoms with E-state index in [2.05, 4.69) is 13.6 Å². The second-order valence-corrected chi connectivity index (χ2v) is 7.67. The molecule has 0 fully saturated rings. The Morgan fingerprint density at radius 3 is 1.67 bits per heavy atom. The number of hydrogen-bond donors (Lipinski definition) is 8. The molecule has 0 heterocycles. The van der Waals surface area contributed by atoms with Crippen molar-refractivity contribution in [3.63, 3.8) is 0 Å². The first kappa shape index (κ1) is 23.9. The Bertz CT molecular complexity index is 556. The third-order valence-corrected chi connectivity index (χ3v) is 3.65. The Balaban J connectivity index is 5.66. The molecule has 0 saturated carbocycles. The summed E-state index contributed by atoms with van der Waals surface area (Å²) < 4.78 is 44.2. The fourth-order valence-corrected chi connectivity index (χ4v) is 2.74. The van der Waals surface area contributed by atoms with E-state index in [9.17, 15) is 23.6 Å². The van der Waals surface area contributed by atoms with Gasteiger partial charge in [-0.05, 0) is 0 Å². The minimum absolute atomic E-state index is 1.36. The third-order valence-electron chi connectivity index (χ3n) is 2.10. The molecule has 0 bridgehead atoms. The Kier molecular flexibility index (Phi) is 9.00. The number of aliphatic hydroxyl groups is 2. The topological polar surface area (TPSA) is 258 Å². The lowest BCUT2D eigenvalue weighted by Crippen LogP contribution is -2.47. The van der Waals surface area contributed by atoms with Gasteiger partial charge in [0.05, 0.1) is 6.61 Å². The van der Waals surface area contributed by atoms with Crippen LogP contribution >= 0.6 is 23.5 Å². The van der Waals surface area contributed by atoms with E-state index in [1.165, 1.54) is 0 Å². The summed E-state index contributed by atoms with van der Waals surface area (Å²) in [6, 6.07) is 0. The molecule has 0 aromatic carbocycles. The third kappa shape index (κ3) is 10.7. The van der Waals surface area contributed by atoms with Crippen LogP contribution in [-0.2, 0) is 32.1 Å². The van der Waals surface area contributed by atoms with Crippen LogP contribution in [0.25, 0.3) is 0 Å². The molecule has 15 nitrogen and oxygen atoms in total. The number of rotatable bonds is 11. The van der Waals surface area contributed by atoms with E-state index in [1.807, 2.05) is 0 Å². The second-order valence-electron chi connectivity index (χ2n) is 4.05. The first-order chi connectivity index (χ1) is 10.6. The van der Waals surface area contributed by atoms with Crippen LogP contribution in [-0.4, -0.2) is 76.9 Å². The summed E-state index contributed by atoms with van der Waals surface area (Å²) in [6.07, 6.45) is -7.55. The molecule has 3 atom stereocenters. The summed E-state index contributed by atoms with van der Waals surface area (Å²) >= 11 is 0. The molecule has 144 valence electrons. The van der Waals surface area contributed by atoms with Gasteiger partial charge in [-0.2, -0.15) is 0 Å². The molecule has 0 aliphatic heterocycles. The Labute approximate surface area is 133 Å². The van der Waals surface area contributed by atoms with Crippen LogP contribution in [0.3, 0.4) is 0 Å². The monoisotopic (exact) mass is 420 g/mol. The maximum Gasteiger partial charge on any atom is 0.470 e. The van der Waals surface area contributed by atoms with Crippen molar-refractivity contribution < 1.29 is 71.6 Å². The van der Waals surface area contributed by atoms with E-state index in [4.69, 9.17) is 34.5 Å². The molecule has 24 heavy (non-hydrogen) atoms. The smallest absolute Gasteiger partial charge is 0.388 e. The fraction of sp³-hybridized carbons (Fsp3) is 0.833. The highest BCUT2D eigenvalue weighted by molar-refractivity contribution is 7.47. The van der Waals surface area contributed by atoms with E-state index < -0.39 is 60.8 Å². The van der Waals surface area contributed by atoms with E-state index in [0.29, 0.717) is 0 Å². The van der Waals surface area contributed by atoms with Gasteiger partial charge in [0.25, 0.3) is 0 Å². The number of carbonyl (C=O) groups excluding carboxylic acids is 1. The van der Waals surface area contributed by atoms with Gasteiger partial charge in [0, 0.05) is 0 Å². The SMILES string of the molecule is O=C(CO)[C@H](O)[C@H](OP(=O)(O)O)[C@@H](COP(=O)(O)O)OP(=O)(O)O. The number of ketones is 1. The number of carbonyl (C=O) groups is 1. The van der Waals surface area contributed by atoms with Crippen LogP contribution < -0.4 is 0 Å². The molecule has 0 unspecified atom stereocenters. The molecule has 0 amide bonds. The first-order valence-electron chi connectivity index (χ1n) is 5.55. The Morgan fingerprint density at radius 1 is 0.875 bits per heavy atom. The highest BCUT2D eigenvalue weighted by atomic mass is 31.2. The number of phosphoric ester groups is 3. The molecule has 0 radical (unpaired) electrons. The molecule has 18 heteroatoms. The van der Waals surface area contributed by atoms with Crippen molar-refractivity contribution >= 4 is 29.3 Å². The van der Waals surface area contributed by atoms with Gasteiger partial charge in [0.1, 0.15) is 24.9 Å². The predicted molar refractivity (Wildman–Crippen MR) is 69.9 cm³/mol. The zero-order valence-corrected chi connectivity index (χ0v) is 14.1. The van der Waals surface area contributed by atoms with E-state index >= 15 is 0 Å². The summed E-state index contributed by atoms with van der Waals surface area (Å²) in [7, 11) is -16.2. The van der Waals surface area contributed by atoms with Crippen molar-refractivity contribution in [1.29, 1.82) is 0 Å². The summed E-state index contributed by atoms with van der Waals surface area (Å²) in [6.45, 7) is -2.81. The van der Waals surface area contributed by atoms with Gasteiger partial charge in [0.15, 0.2) is 5.78 Å². The maximum absolute atomic E-state index is 11.2. The van der Waals surface area contributed by atoms with Crippen molar-refractivity contribution in [2.45, 2.75) is 18.3 Å². The normalized spacial score (nSPS) is 17.3. The van der Waals surface area contributed by atoms with Crippen LogP contribution in [0.5, 0.6) is 0 Å². The number of hydrogen-bond acceptors (Lipinski definition) is 9. The van der Waals surface area contributed by atoms with Gasteiger partial charge in [-0.25, -0.2) is 13.7 Å². The Morgan fingerprint density at radius 2 is 1.33 bits per heavy atom. The van der Waals surface area contributed by atoms with E-state index in [1.54, 1.807) is 0 Å². The molecule has 0 aromatic rings. The number of phosphoric acid groups is 3. The molecule has 8 N–H and O–H groups in total. The van der Waals surface area contributed by atoms with Crippen LogP contribution in [0.2, 0.25) is 0 Å². The van der Waals surface area contributed by atoms with Crippen molar-refractivity contribution in [3.05, 3.63) is 0 Å². The second kappa shape index (κ2) is 9.03. The molecule has 0 spiro atoms. The van der Waals surface area contributed by atoms with Crippen molar-refractivity contribution in [2.24, 2.45) is 0 Å². The van der Waals surface area contributed by atoms with Gasteiger partial charge in [-0.15, -0.1) is 0 Å². The summed E-state index contributed by atoms with van der Waals surface area (Å²) in [4.78, 5) is 63.2. The van der Waals surface area contributed by atoms with E-state index in [-0.39, 0.29) is 0 Å². The number of Topliss-reactive ketones (excluding diaryl/α,β-unsaturated/α-hetero) is 1. The quantitative estimate of drug-likeness (QED) is 0.155. The standard InChI is InChI=1S/C6H15O15P3/c7-1-3(8)5(9)6(21-24(16,17)18)4(20-23(13,14)15)2-19-22(10,11)12/h4-7,9H,1-2H2,(H2,10,11,12)(H2,13,14,15)(H2,16,17,18)/t4-,5+,6-/m1/s1. The molecule has 0 saturated heterocycles. The summed E-state index contributed by atoms with van der Waals surface area (Å²) in [5.41, 5.74) is 0. The largest absolute Gasteiger partial charge is 0.470 e. The lowest BCUT2D eigenvalue weighted by molar-refractivity contribution is -0.141. The van der Waals surface area contributed by atoms with Crippen molar-refractivity contribution in [3.8, 4) is 0 Å². The van der Waals surface area contributed by atoms with Gasteiger partial charge in [-0.3, -0.25) is 18.4 Å². The zero-order valence-electron chi connectivity index (χ0n) is 11.4. The molecule has 0 aliphatic rings. The minimum atomic E-state index is -5.49. The van der Waals surface area contributed by atoms with Crippen LogP contribution in [0.4, 0.5) is 0 Å². The highest BCUT2D eigenvalue weighted by Crippen LogP contribution is 2.45. The highest BCUT2D eigenvalue weighted by Gasteiger charge is 2.42. The number of aliphatic hydroxyl groups excluding tert-OH is 2. The summed E-state index contributed by atoms with van der Waals surface area (Å²) in [5.74, 6) is -1.50. The van der Waals surface area contributed by atoms with Crippen LogP contribution in [0.1, 0.15) is 0 Å². The molecular weight excluding hydrogens is 405 g/mol. The van der Waals surface area contributed by atoms with Gasteiger partial charge in [-0.1, -0.05) is 0 Å². The van der Waals surface area contributed by atoms with Crippen LogP contribution in [0.15, 0.2) is 0 Å². The fourth-order valence-electron chi connectivity index (χ4n) is 1.30. The van der Waals surface area contributed by atoms with Gasteiger partial charge >= 0.3 is 23.5 Å².